The van der Waals surface area contributed by atoms with Crippen LogP contribution < -0.4 is 10.2 Å². The summed E-state index contributed by atoms with van der Waals surface area (Å²) in [5.74, 6) is -2.51. The summed E-state index contributed by atoms with van der Waals surface area (Å²) in [5.41, 5.74) is -0.147. The van der Waals surface area contributed by atoms with Gasteiger partial charge in [-0.05, 0) is 31.0 Å². The maximum absolute atomic E-state index is 14.2. The van der Waals surface area contributed by atoms with Crippen LogP contribution in [-0.4, -0.2) is 54.5 Å². The van der Waals surface area contributed by atoms with Crippen molar-refractivity contribution < 1.29 is 28.4 Å². The van der Waals surface area contributed by atoms with E-state index in [0.29, 0.717) is 24.4 Å². The monoisotopic (exact) mass is 400 g/mol. The highest BCUT2D eigenvalue weighted by atomic mass is 19.1. The number of amides is 3. The molecule has 5 aliphatic rings. The molecule has 1 spiro atoms. The largest absolute Gasteiger partial charge is 0.376 e. The lowest BCUT2D eigenvalue weighted by Crippen LogP contribution is -3.19. The molecule has 2 N–H and O–H groups in total. The fraction of sp³-hybridized carbons (Fsp3) is 0.571. The van der Waals surface area contributed by atoms with Crippen molar-refractivity contribution in [2.75, 3.05) is 25.0 Å². The molecule has 6 rings (SSSR count). The second kappa shape index (κ2) is 5.86. The summed E-state index contributed by atoms with van der Waals surface area (Å²) >= 11 is 0. The molecule has 0 aliphatic carbocycles. The number of benzene rings is 1. The summed E-state index contributed by atoms with van der Waals surface area (Å²) in [6, 6.07) is 4.15. The molecule has 8 heteroatoms. The first-order chi connectivity index (χ1) is 14.0. The van der Waals surface area contributed by atoms with E-state index < -0.39 is 23.2 Å². The Hall–Kier alpha value is -2.32. The average Bonchev–Trinajstić information content (AvgIpc) is 3.47. The van der Waals surface area contributed by atoms with Crippen molar-refractivity contribution >= 4 is 23.4 Å². The highest BCUT2D eigenvalue weighted by Crippen LogP contribution is 2.51. The first-order valence-electron chi connectivity index (χ1n) is 10.5. The number of anilines is 1. The zero-order chi connectivity index (χ0) is 19.9. The molecule has 6 atom stereocenters. The Morgan fingerprint density at radius 1 is 1.21 bits per heavy atom. The summed E-state index contributed by atoms with van der Waals surface area (Å²) in [4.78, 5) is 42.6. The van der Waals surface area contributed by atoms with Gasteiger partial charge >= 0.3 is 0 Å². The lowest BCUT2D eigenvalue weighted by Gasteiger charge is -2.33. The summed E-state index contributed by atoms with van der Waals surface area (Å²) in [6.45, 7) is 1.60. The van der Waals surface area contributed by atoms with Crippen molar-refractivity contribution in [3.63, 3.8) is 0 Å². The summed E-state index contributed by atoms with van der Waals surface area (Å²) in [7, 11) is 0. The fourth-order valence-corrected chi connectivity index (χ4v) is 6.66. The molecule has 7 nitrogen and oxygen atoms in total. The third-order valence-electron chi connectivity index (χ3n) is 7.68. The molecule has 152 valence electrons. The Morgan fingerprint density at radius 3 is 2.86 bits per heavy atom. The highest BCUT2D eigenvalue weighted by molar-refractivity contribution is 6.14. The van der Waals surface area contributed by atoms with Crippen LogP contribution in [0.3, 0.4) is 0 Å². The van der Waals surface area contributed by atoms with Crippen LogP contribution in [0.2, 0.25) is 0 Å². The minimum absolute atomic E-state index is 0.0917. The molecule has 1 unspecified atom stereocenters. The summed E-state index contributed by atoms with van der Waals surface area (Å²) in [5, 5.41) is 2.87. The van der Waals surface area contributed by atoms with E-state index in [2.05, 4.69) is 5.32 Å². The van der Waals surface area contributed by atoms with Crippen LogP contribution in [0.15, 0.2) is 18.2 Å². The smallest absolute Gasteiger partial charge is 0.291 e. The molecule has 5 aliphatic heterocycles. The lowest BCUT2D eigenvalue weighted by molar-refractivity contribution is -0.948. The number of hydrogen-bond donors (Lipinski definition) is 2. The van der Waals surface area contributed by atoms with Gasteiger partial charge in [0.25, 0.3) is 5.91 Å². The number of hydrogen-bond acceptors (Lipinski definition) is 4. The van der Waals surface area contributed by atoms with Crippen molar-refractivity contribution in [1.29, 1.82) is 0 Å². The van der Waals surface area contributed by atoms with Gasteiger partial charge < -0.3 is 15.0 Å². The van der Waals surface area contributed by atoms with Gasteiger partial charge in [-0.2, -0.15) is 0 Å². The molecule has 0 radical (unpaired) electrons. The number of nitrogens with zero attached hydrogens (tertiary/aromatic N) is 1. The Morgan fingerprint density at radius 2 is 2.07 bits per heavy atom. The predicted molar refractivity (Wildman–Crippen MR) is 98.2 cm³/mol. The van der Waals surface area contributed by atoms with Crippen molar-refractivity contribution in [3.05, 3.63) is 29.6 Å². The number of carbonyl (C=O) groups is 3. The number of nitrogens with one attached hydrogen (secondary N) is 2. The normalized spacial score (nSPS) is 40.0. The van der Waals surface area contributed by atoms with E-state index in [1.165, 1.54) is 17.0 Å². The van der Waals surface area contributed by atoms with E-state index in [4.69, 9.17) is 4.74 Å². The van der Waals surface area contributed by atoms with E-state index in [-0.39, 0.29) is 36.4 Å². The van der Waals surface area contributed by atoms with E-state index in [1.54, 1.807) is 6.07 Å². The van der Waals surface area contributed by atoms with Crippen LogP contribution in [0.1, 0.15) is 31.2 Å². The van der Waals surface area contributed by atoms with Crippen LogP contribution in [0.5, 0.6) is 0 Å². The van der Waals surface area contributed by atoms with Crippen LogP contribution in [0.25, 0.3) is 0 Å². The molecule has 4 saturated heterocycles. The maximum Gasteiger partial charge on any atom is 0.291 e. The Labute approximate surface area is 167 Å². The molecule has 4 fully saturated rings. The SMILES string of the molecule is O=C1[C@H]2[C@@H]3CCC[NH+]3[C@@]3(C(=O)Nc4ccc(F)cc43)[C@H]2C(=O)N1C[C@H]1CCCO1. The van der Waals surface area contributed by atoms with Crippen molar-refractivity contribution in [1.82, 2.24) is 4.90 Å². The number of likely N-dealkylation sites (tertiary alicyclic amines) is 1. The quantitative estimate of drug-likeness (QED) is 0.675. The third-order valence-corrected chi connectivity index (χ3v) is 7.68. The maximum atomic E-state index is 14.2. The van der Waals surface area contributed by atoms with Gasteiger partial charge in [-0.15, -0.1) is 0 Å². The minimum atomic E-state index is -1.22. The van der Waals surface area contributed by atoms with Crippen LogP contribution in [0, 0.1) is 17.7 Å². The molecule has 1 aromatic rings. The molecule has 0 saturated carbocycles. The third kappa shape index (κ3) is 2.06. The number of halogens is 1. The van der Waals surface area contributed by atoms with Gasteiger partial charge in [0, 0.05) is 25.0 Å². The van der Waals surface area contributed by atoms with Crippen LogP contribution in [0.4, 0.5) is 10.1 Å². The molecule has 5 heterocycles. The van der Waals surface area contributed by atoms with Gasteiger partial charge in [-0.3, -0.25) is 19.3 Å². The van der Waals surface area contributed by atoms with Gasteiger partial charge in [-0.25, -0.2) is 4.39 Å². The number of ether oxygens (including phenoxy) is 1. The minimum Gasteiger partial charge on any atom is -0.376 e. The van der Waals surface area contributed by atoms with Crippen molar-refractivity contribution in [2.45, 2.75) is 43.4 Å². The summed E-state index contributed by atoms with van der Waals surface area (Å²) < 4.78 is 19.9. The molecule has 3 amide bonds. The predicted octanol–water partition coefficient (Wildman–Crippen LogP) is -0.186. The summed E-state index contributed by atoms with van der Waals surface area (Å²) in [6.07, 6.45) is 3.30. The van der Waals surface area contributed by atoms with Crippen LogP contribution in [-0.2, 0) is 24.7 Å². The fourth-order valence-electron chi connectivity index (χ4n) is 6.66. The van der Waals surface area contributed by atoms with Gasteiger partial charge in [0.1, 0.15) is 23.7 Å². The molecular weight excluding hydrogens is 377 g/mol. The number of fused-ring (bicyclic) bond motifs is 7. The average molecular weight is 400 g/mol. The molecule has 0 aromatic heterocycles. The second-order valence-electron chi connectivity index (χ2n) is 8.90. The van der Waals surface area contributed by atoms with Crippen molar-refractivity contribution in [3.8, 4) is 0 Å². The topological polar surface area (TPSA) is 80.2 Å². The highest BCUT2D eigenvalue weighted by Gasteiger charge is 2.78. The number of quaternary nitrogens is 1. The van der Waals surface area contributed by atoms with Crippen LogP contribution >= 0.6 is 0 Å². The first kappa shape index (κ1) is 17.5. The van der Waals surface area contributed by atoms with E-state index in [9.17, 15) is 18.8 Å². The van der Waals surface area contributed by atoms with E-state index in [1.807, 2.05) is 0 Å². The van der Waals surface area contributed by atoms with Gasteiger partial charge in [0.15, 0.2) is 0 Å². The zero-order valence-electron chi connectivity index (χ0n) is 15.9. The number of imide groups is 1. The Bertz CT molecular complexity index is 946. The van der Waals surface area contributed by atoms with Gasteiger partial charge in [-0.1, -0.05) is 0 Å². The zero-order valence-corrected chi connectivity index (χ0v) is 15.9. The van der Waals surface area contributed by atoms with E-state index >= 15 is 0 Å². The Kier molecular flexibility index (Phi) is 3.54. The number of rotatable bonds is 2. The first-order valence-corrected chi connectivity index (χ1v) is 10.5. The second-order valence-corrected chi connectivity index (χ2v) is 8.90. The van der Waals surface area contributed by atoms with Gasteiger partial charge in [0.2, 0.25) is 17.4 Å². The Balaban J connectivity index is 1.48. The standard InChI is InChI=1S/C21H22FN3O4/c22-11-5-6-14-13(9-11)21(20(28)23-14)17-16(15-4-1-7-25(15)21)18(26)24(19(17)27)10-12-3-2-8-29-12/h5-6,9,12,15-17H,1-4,7-8,10H2,(H,23,28)/p+1/t12-,15+,16+,17-,21-/m1/s1. The number of carbonyl (C=O) groups excluding carboxylic acids is 3. The molecule has 29 heavy (non-hydrogen) atoms. The molecule has 0 bridgehead atoms. The van der Waals surface area contributed by atoms with E-state index in [0.717, 1.165) is 30.6 Å². The molecular formula is C21H23FN3O4+. The lowest BCUT2D eigenvalue weighted by atomic mass is 9.75. The van der Waals surface area contributed by atoms with Gasteiger partial charge in [0.05, 0.1) is 24.9 Å². The molecule has 1 aromatic carbocycles. The van der Waals surface area contributed by atoms with Crippen molar-refractivity contribution in [2.24, 2.45) is 11.8 Å².